The molecule has 0 unspecified atom stereocenters. The number of tetrazole rings is 1. The van der Waals surface area contributed by atoms with Gasteiger partial charge in [-0.05, 0) is 52.6 Å². The lowest BCUT2D eigenvalue weighted by molar-refractivity contribution is -0.120. The highest BCUT2D eigenvalue weighted by molar-refractivity contribution is 6.31. The number of carbonyl (C=O) groups excluding carboxylic acids is 1. The third kappa shape index (κ3) is 2.53. The van der Waals surface area contributed by atoms with Crippen molar-refractivity contribution in [3.63, 3.8) is 0 Å². The minimum atomic E-state index is -0.442. The lowest BCUT2D eigenvalue weighted by Gasteiger charge is -2.17. The van der Waals surface area contributed by atoms with Crippen LogP contribution in [0.2, 0.25) is 5.02 Å². The number of carbonyl (C=O) groups is 1. The van der Waals surface area contributed by atoms with Gasteiger partial charge in [-0.1, -0.05) is 11.6 Å². The fraction of sp³-hybridized carbons (Fsp3) is 0.278. The zero-order valence-corrected chi connectivity index (χ0v) is 15.4. The zero-order chi connectivity index (χ0) is 18.7. The minimum Gasteiger partial charge on any atom is -0.301 e. The van der Waals surface area contributed by atoms with E-state index in [0.717, 1.165) is 23.2 Å². The van der Waals surface area contributed by atoms with Gasteiger partial charge in [-0.2, -0.15) is 4.68 Å². The van der Waals surface area contributed by atoms with Gasteiger partial charge in [0.1, 0.15) is 6.33 Å². The first-order valence-electron chi connectivity index (χ1n) is 8.47. The summed E-state index contributed by atoms with van der Waals surface area (Å²) < 4.78 is 3.13. The predicted molar refractivity (Wildman–Crippen MR) is 99.5 cm³/mol. The highest BCUT2D eigenvalue weighted by atomic mass is 35.5. The average molecular weight is 402 g/mol. The molecule has 0 saturated heterocycles. The van der Waals surface area contributed by atoms with Crippen molar-refractivity contribution in [2.75, 3.05) is 5.88 Å². The molecular formula is C18H13Cl2N5O2. The Bertz CT molecular complexity index is 1130. The molecule has 0 N–H and O–H groups in total. The maximum atomic E-state index is 12.9. The number of ketones is 1. The molecule has 3 atom stereocenters. The summed E-state index contributed by atoms with van der Waals surface area (Å²) in [5, 5.41) is 11.8. The minimum absolute atomic E-state index is 0.0841. The first-order chi connectivity index (χ1) is 13.1. The summed E-state index contributed by atoms with van der Waals surface area (Å²) in [5.41, 5.74) is 2.87. The van der Waals surface area contributed by atoms with Crippen LogP contribution >= 0.6 is 23.2 Å². The summed E-state index contributed by atoms with van der Waals surface area (Å²) in [6.07, 6.45) is 2.39. The number of benzene rings is 1. The van der Waals surface area contributed by atoms with Crippen LogP contribution in [0, 0.1) is 5.92 Å². The van der Waals surface area contributed by atoms with E-state index in [2.05, 4.69) is 15.5 Å². The van der Waals surface area contributed by atoms with Gasteiger partial charge in [-0.25, -0.2) is 0 Å². The topological polar surface area (TPSA) is 82.7 Å². The number of halogens is 2. The number of fused-ring (bicyclic) bond motifs is 3. The van der Waals surface area contributed by atoms with Crippen LogP contribution in [0.15, 0.2) is 41.5 Å². The molecule has 9 heteroatoms. The van der Waals surface area contributed by atoms with Gasteiger partial charge in [-0.15, -0.1) is 16.7 Å². The van der Waals surface area contributed by atoms with E-state index in [1.165, 1.54) is 17.1 Å². The number of Topliss-reactive ketones (excluding diaryl/α,β-unsaturated/α-hetero) is 1. The number of nitrogens with zero attached hydrogens (tertiary/aromatic N) is 5. The van der Waals surface area contributed by atoms with Crippen LogP contribution in [0.5, 0.6) is 0 Å². The number of alkyl halides is 1. The second kappa shape index (κ2) is 6.00. The van der Waals surface area contributed by atoms with Gasteiger partial charge in [0.15, 0.2) is 5.78 Å². The van der Waals surface area contributed by atoms with Crippen molar-refractivity contribution < 1.29 is 4.79 Å². The fourth-order valence-electron chi connectivity index (χ4n) is 4.11. The molecule has 5 rings (SSSR count). The van der Waals surface area contributed by atoms with E-state index < -0.39 is 6.04 Å². The average Bonchev–Trinajstić information content (AvgIpc) is 3.11. The van der Waals surface area contributed by atoms with E-state index >= 15 is 0 Å². The van der Waals surface area contributed by atoms with Gasteiger partial charge in [0, 0.05) is 28.3 Å². The Labute approximate surface area is 163 Å². The quantitative estimate of drug-likeness (QED) is 0.627. The van der Waals surface area contributed by atoms with Crippen LogP contribution in [0.25, 0.3) is 16.8 Å². The summed E-state index contributed by atoms with van der Waals surface area (Å²) >= 11 is 12.0. The molecule has 2 aromatic heterocycles. The normalized spacial score (nSPS) is 22.4. The molecule has 1 aliphatic carbocycles. The Morgan fingerprint density at radius 1 is 1.26 bits per heavy atom. The predicted octanol–water partition coefficient (Wildman–Crippen LogP) is 2.61. The molecule has 1 saturated carbocycles. The Kier molecular flexibility index (Phi) is 3.70. The van der Waals surface area contributed by atoms with Gasteiger partial charge < -0.3 is 4.57 Å². The second-order valence-electron chi connectivity index (χ2n) is 6.84. The first kappa shape index (κ1) is 16.6. The van der Waals surface area contributed by atoms with Crippen LogP contribution in [-0.4, -0.2) is 36.4 Å². The molecule has 7 nitrogen and oxygen atoms in total. The van der Waals surface area contributed by atoms with E-state index in [0.29, 0.717) is 10.7 Å². The van der Waals surface area contributed by atoms with Crippen molar-refractivity contribution in [1.29, 1.82) is 0 Å². The molecule has 3 aromatic rings. The van der Waals surface area contributed by atoms with Crippen LogP contribution in [0.1, 0.15) is 24.1 Å². The molecule has 27 heavy (non-hydrogen) atoms. The molecule has 0 amide bonds. The van der Waals surface area contributed by atoms with Gasteiger partial charge >= 0.3 is 0 Å². The summed E-state index contributed by atoms with van der Waals surface area (Å²) in [6, 6.07) is 8.38. The maximum absolute atomic E-state index is 12.9. The number of pyridine rings is 1. The van der Waals surface area contributed by atoms with Gasteiger partial charge in [0.05, 0.1) is 17.6 Å². The Morgan fingerprint density at radius 3 is 2.85 bits per heavy atom. The Morgan fingerprint density at radius 2 is 2.11 bits per heavy atom. The molecule has 2 aliphatic rings. The molecule has 1 aromatic carbocycles. The number of hydrogen-bond donors (Lipinski definition) is 0. The van der Waals surface area contributed by atoms with Crippen molar-refractivity contribution >= 4 is 29.0 Å². The van der Waals surface area contributed by atoms with Crippen LogP contribution < -0.4 is 5.56 Å². The van der Waals surface area contributed by atoms with Crippen molar-refractivity contribution in [2.45, 2.75) is 18.4 Å². The SMILES string of the molecule is O=C(CCl)[C@@H]1[C@H]2C[C@H]2c2cc(-c3cc(Cl)ccc3-n3cnnn3)cc(=O)n21. The first-order valence-corrected chi connectivity index (χ1v) is 9.38. The smallest absolute Gasteiger partial charge is 0.252 e. The second-order valence-corrected chi connectivity index (χ2v) is 7.55. The molecule has 0 radical (unpaired) electrons. The molecular weight excluding hydrogens is 389 g/mol. The van der Waals surface area contributed by atoms with E-state index in [1.54, 1.807) is 22.8 Å². The number of rotatable bonds is 4. The number of hydrogen-bond acceptors (Lipinski definition) is 5. The van der Waals surface area contributed by atoms with Crippen molar-refractivity contribution in [3.8, 4) is 16.8 Å². The molecule has 0 bridgehead atoms. The van der Waals surface area contributed by atoms with E-state index in [4.69, 9.17) is 23.2 Å². The van der Waals surface area contributed by atoms with Crippen molar-refractivity contribution in [2.24, 2.45) is 5.92 Å². The van der Waals surface area contributed by atoms with Crippen LogP contribution in [0.3, 0.4) is 0 Å². The van der Waals surface area contributed by atoms with Crippen molar-refractivity contribution in [3.05, 3.63) is 57.7 Å². The summed E-state index contributed by atoms with van der Waals surface area (Å²) in [4.78, 5) is 25.1. The van der Waals surface area contributed by atoms with Crippen LogP contribution in [0.4, 0.5) is 0 Å². The van der Waals surface area contributed by atoms with Crippen LogP contribution in [-0.2, 0) is 4.79 Å². The molecule has 0 spiro atoms. The highest BCUT2D eigenvalue weighted by Gasteiger charge is 2.55. The van der Waals surface area contributed by atoms with E-state index in [-0.39, 0.29) is 29.1 Å². The molecule has 136 valence electrons. The molecule has 3 heterocycles. The van der Waals surface area contributed by atoms with Gasteiger partial charge in [-0.3, -0.25) is 9.59 Å². The third-order valence-corrected chi connectivity index (χ3v) is 5.83. The van der Waals surface area contributed by atoms with Crippen molar-refractivity contribution in [1.82, 2.24) is 24.8 Å². The standard InChI is InChI=1S/C18H13Cl2N5O2/c19-7-16(26)18-13-6-12(13)15-3-9(4-17(27)25(15)18)11-5-10(20)1-2-14(11)24-8-21-22-23-24/h1-5,8,12-13,18H,6-7H2/t12-,13+,18+/m1/s1. The van der Waals surface area contributed by atoms with Gasteiger partial charge in [0.2, 0.25) is 0 Å². The van der Waals surface area contributed by atoms with E-state index in [1.807, 2.05) is 6.07 Å². The zero-order valence-electron chi connectivity index (χ0n) is 13.9. The Balaban J connectivity index is 1.69. The molecule has 1 aliphatic heterocycles. The largest absolute Gasteiger partial charge is 0.301 e. The van der Waals surface area contributed by atoms with E-state index in [9.17, 15) is 9.59 Å². The lowest BCUT2D eigenvalue weighted by atomic mass is 10.0. The fourth-order valence-corrected chi connectivity index (χ4v) is 4.44. The molecule has 1 fully saturated rings. The summed E-state index contributed by atoms with van der Waals surface area (Å²) in [7, 11) is 0. The van der Waals surface area contributed by atoms with Gasteiger partial charge in [0.25, 0.3) is 5.56 Å². The highest BCUT2D eigenvalue weighted by Crippen LogP contribution is 2.59. The number of aromatic nitrogens is 5. The lowest BCUT2D eigenvalue weighted by Crippen LogP contribution is -2.30. The maximum Gasteiger partial charge on any atom is 0.252 e. The third-order valence-electron chi connectivity index (χ3n) is 5.33. The summed E-state index contributed by atoms with van der Waals surface area (Å²) in [5.74, 6) is 0.220. The Hall–Kier alpha value is -2.51. The monoisotopic (exact) mass is 401 g/mol. The summed E-state index contributed by atoms with van der Waals surface area (Å²) in [6.45, 7) is 0.